The summed E-state index contributed by atoms with van der Waals surface area (Å²) in [4.78, 5) is 0. The van der Waals surface area contributed by atoms with E-state index >= 15 is 0 Å². The number of allylic oxidation sites excluding steroid dienone is 6. The first kappa shape index (κ1) is 8.32. The van der Waals surface area contributed by atoms with Gasteiger partial charge in [-0.3, -0.25) is 0 Å². The number of rotatable bonds is 3. The van der Waals surface area contributed by atoms with Crippen molar-refractivity contribution in [2.24, 2.45) is 0 Å². The van der Waals surface area contributed by atoms with Crippen LogP contribution in [-0.2, 0) is 0 Å². The van der Waals surface area contributed by atoms with Gasteiger partial charge in [0.25, 0.3) is 0 Å². The maximum Gasteiger partial charge on any atom is -0.0294 e. The molecule has 11 heavy (non-hydrogen) atoms. The van der Waals surface area contributed by atoms with Crippen LogP contribution < -0.4 is 0 Å². The van der Waals surface area contributed by atoms with Gasteiger partial charge in [-0.05, 0) is 18.9 Å². The summed E-state index contributed by atoms with van der Waals surface area (Å²) in [6.45, 7) is 4.36. The molecule has 0 unspecified atom stereocenters. The highest BCUT2D eigenvalue weighted by atomic mass is 14.0. The zero-order valence-electron chi connectivity index (χ0n) is 7.43. The number of unbranched alkanes of at least 4 members (excludes halogenated alkanes) is 2. The molecule has 0 N–H and O–H groups in total. The van der Waals surface area contributed by atoms with E-state index in [4.69, 9.17) is 0 Å². The largest absolute Gasteiger partial charge is 0.0773 e. The molecule has 0 fully saturated rings. The van der Waals surface area contributed by atoms with Crippen LogP contribution in [0.1, 0.15) is 33.1 Å². The van der Waals surface area contributed by atoms with Crippen molar-refractivity contribution in [3.63, 3.8) is 0 Å². The molecular weight excluding hydrogens is 132 g/mol. The van der Waals surface area contributed by atoms with E-state index in [1.54, 1.807) is 0 Å². The Hall–Kier alpha value is -0.780. The van der Waals surface area contributed by atoms with Crippen LogP contribution in [-0.4, -0.2) is 0 Å². The van der Waals surface area contributed by atoms with Crippen LogP contribution in [0.25, 0.3) is 0 Å². The molecular formula is C11H16. The molecule has 0 nitrogen and oxygen atoms in total. The minimum atomic E-state index is 1.22. The van der Waals surface area contributed by atoms with E-state index in [2.05, 4.69) is 38.2 Å². The molecule has 1 aliphatic carbocycles. The van der Waals surface area contributed by atoms with Crippen molar-refractivity contribution < 1.29 is 0 Å². The van der Waals surface area contributed by atoms with Gasteiger partial charge in [-0.15, -0.1) is 0 Å². The summed E-state index contributed by atoms with van der Waals surface area (Å²) in [7, 11) is 0. The van der Waals surface area contributed by atoms with Crippen LogP contribution in [0.3, 0.4) is 0 Å². The van der Waals surface area contributed by atoms with Crippen molar-refractivity contribution in [1.29, 1.82) is 0 Å². The Morgan fingerprint density at radius 3 is 2.73 bits per heavy atom. The molecule has 0 aliphatic heterocycles. The van der Waals surface area contributed by atoms with Crippen LogP contribution in [0, 0.1) is 0 Å². The fourth-order valence-corrected chi connectivity index (χ4v) is 1.19. The van der Waals surface area contributed by atoms with Gasteiger partial charge in [-0.1, -0.05) is 49.6 Å². The Morgan fingerprint density at radius 2 is 2.18 bits per heavy atom. The summed E-state index contributed by atoms with van der Waals surface area (Å²) in [5, 5.41) is 0. The number of hydrogen-bond donors (Lipinski definition) is 0. The monoisotopic (exact) mass is 148 g/mol. The molecule has 0 aromatic heterocycles. The topological polar surface area (TPSA) is 0 Å². The molecule has 0 aromatic rings. The summed E-state index contributed by atoms with van der Waals surface area (Å²) in [6.07, 6.45) is 12.7. The summed E-state index contributed by atoms with van der Waals surface area (Å²) in [6, 6.07) is 0. The van der Waals surface area contributed by atoms with E-state index in [1.165, 1.54) is 30.4 Å². The van der Waals surface area contributed by atoms with Gasteiger partial charge >= 0.3 is 0 Å². The highest BCUT2D eigenvalue weighted by Crippen LogP contribution is 2.15. The van der Waals surface area contributed by atoms with Crippen LogP contribution in [0.5, 0.6) is 0 Å². The maximum absolute atomic E-state index is 2.32. The second-order valence-electron chi connectivity index (χ2n) is 3.07. The minimum absolute atomic E-state index is 1.22. The Kier molecular flexibility index (Phi) is 3.15. The summed E-state index contributed by atoms with van der Waals surface area (Å²) in [5.74, 6) is 0. The van der Waals surface area contributed by atoms with Crippen molar-refractivity contribution in [3.8, 4) is 0 Å². The molecule has 60 valence electrons. The molecule has 1 rings (SSSR count). The smallest absolute Gasteiger partial charge is 0.0294 e. The third kappa shape index (κ3) is 2.75. The predicted molar refractivity (Wildman–Crippen MR) is 50.5 cm³/mol. The van der Waals surface area contributed by atoms with Crippen molar-refractivity contribution in [1.82, 2.24) is 0 Å². The van der Waals surface area contributed by atoms with Crippen LogP contribution >= 0.6 is 0 Å². The highest BCUT2D eigenvalue weighted by Gasteiger charge is 1.94. The van der Waals surface area contributed by atoms with Gasteiger partial charge in [0.1, 0.15) is 0 Å². The van der Waals surface area contributed by atoms with E-state index in [9.17, 15) is 0 Å². The standard InChI is InChI=1S/C11H16/c1-3-4-5-6-11-8-7-10(2)9-11/h6-9H,3-5H2,1-2H3. The summed E-state index contributed by atoms with van der Waals surface area (Å²) in [5.41, 5.74) is 2.75. The molecule has 1 aliphatic rings. The first-order chi connectivity index (χ1) is 5.33. The van der Waals surface area contributed by atoms with Gasteiger partial charge in [0.2, 0.25) is 0 Å². The lowest BCUT2D eigenvalue weighted by molar-refractivity contribution is 0.813. The highest BCUT2D eigenvalue weighted by molar-refractivity contribution is 5.44. The quantitative estimate of drug-likeness (QED) is 0.536. The second kappa shape index (κ2) is 4.17. The molecule has 0 amide bonds. The molecule has 0 heteroatoms. The fraction of sp³-hybridized carbons (Fsp3) is 0.455. The third-order valence-electron chi connectivity index (χ3n) is 1.87. The molecule has 0 saturated heterocycles. The van der Waals surface area contributed by atoms with E-state index in [-0.39, 0.29) is 0 Å². The lowest BCUT2D eigenvalue weighted by atomic mass is 10.2. The zero-order valence-corrected chi connectivity index (χ0v) is 7.43. The maximum atomic E-state index is 2.32. The van der Waals surface area contributed by atoms with Crippen molar-refractivity contribution in [3.05, 3.63) is 35.5 Å². The van der Waals surface area contributed by atoms with E-state index < -0.39 is 0 Å². The lowest BCUT2D eigenvalue weighted by Gasteiger charge is -1.90. The summed E-state index contributed by atoms with van der Waals surface area (Å²) >= 11 is 0. The van der Waals surface area contributed by atoms with Crippen LogP contribution in [0.15, 0.2) is 35.5 Å². The Morgan fingerprint density at radius 1 is 1.36 bits per heavy atom. The molecule has 0 atom stereocenters. The molecule has 0 bridgehead atoms. The average molecular weight is 148 g/mol. The van der Waals surface area contributed by atoms with Crippen molar-refractivity contribution >= 4 is 0 Å². The van der Waals surface area contributed by atoms with Crippen molar-refractivity contribution in [2.45, 2.75) is 33.1 Å². The van der Waals surface area contributed by atoms with Gasteiger partial charge in [0.05, 0.1) is 0 Å². The Labute approximate surface area is 69.3 Å². The van der Waals surface area contributed by atoms with E-state index in [1.807, 2.05) is 0 Å². The molecule has 0 aromatic carbocycles. The van der Waals surface area contributed by atoms with E-state index in [0.29, 0.717) is 0 Å². The SMILES string of the molecule is CCCCC=C1C=CC(C)=C1. The third-order valence-corrected chi connectivity index (χ3v) is 1.87. The predicted octanol–water partition coefficient (Wildman–Crippen LogP) is 3.62. The van der Waals surface area contributed by atoms with Gasteiger partial charge in [0.15, 0.2) is 0 Å². The van der Waals surface area contributed by atoms with E-state index in [0.717, 1.165) is 0 Å². The molecule has 0 saturated carbocycles. The Bertz CT molecular complexity index is 204. The molecule has 0 heterocycles. The lowest BCUT2D eigenvalue weighted by Crippen LogP contribution is -1.70. The first-order valence-electron chi connectivity index (χ1n) is 4.39. The van der Waals surface area contributed by atoms with Crippen molar-refractivity contribution in [2.75, 3.05) is 0 Å². The minimum Gasteiger partial charge on any atom is -0.0773 e. The van der Waals surface area contributed by atoms with Gasteiger partial charge in [-0.2, -0.15) is 0 Å². The van der Waals surface area contributed by atoms with Gasteiger partial charge < -0.3 is 0 Å². The fourth-order valence-electron chi connectivity index (χ4n) is 1.19. The molecule has 0 spiro atoms. The average Bonchev–Trinajstić information content (AvgIpc) is 2.37. The summed E-state index contributed by atoms with van der Waals surface area (Å²) < 4.78 is 0. The van der Waals surface area contributed by atoms with Crippen LogP contribution in [0.2, 0.25) is 0 Å². The number of hydrogen-bond acceptors (Lipinski definition) is 0. The first-order valence-corrected chi connectivity index (χ1v) is 4.39. The van der Waals surface area contributed by atoms with Crippen LogP contribution in [0.4, 0.5) is 0 Å². The van der Waals surface area contributed by atoms with Gasteiger partial charge in [0, 0.05) is 0 Å². The second-order valence-corrected chi connectivity index (χ2v) is 3.07. The Balaban J connectivity index is 2.38. The normalized spacial score (nSPS) is 19.5. The molecule has 0 radical (unpaired) electrons. The zero-order chi connectivity index (χ0) is 8.10. The van der Waals surface area contributed by atoms with Gasteiger partial charge in [-0.25, -0.2) is 0 Å².